The molecule has 1 aromatic carbocycles. The monoisotopic (exact) mass is 347 g/mol. The molecule has 4 heteroatoms. The van der Waals surface area contributed by atoms with Crippen molar-refractivity contribution in [3.8, 4) is 11.1 Å². The molecule has 112 valence electrons. The Morgan fingerprint density at radius 1 is 1.19 bits per heavy atom. The van der Waals surface area contributed by atoms with Crippen molar-refractivity contribution in [2.45, 2.75) is 44.9 Å². The Morgan fingerprint density at radius 2 is 1.95 bits per heavy atom. The topological polar surface area (TPSA) is 54.7 Å². The van der Waals surface area contributed by atoms with Crippen LogP contribution in [0.5, 0.6) is 0 Å². The molecule has 3 rings (SSSR count). The first-order chi connectivity index (χ1) is 10.3. The second kappa shape index (κ2) is 6.65. The molecule has 0 amide bonds. The van der Waals surface area contributed by atoms with Gasteiger partial charge in [-0.2, -0.15) is 5.10 Å². The van der Waals surface area contributed by atoms with E-state index < -0.39 is 0 Å². The lowest BCUT2D eigenvalue weighted by Crippen LogP contribution is -2.07. The third-order valence-corrected chi connectivity index (χ3v) is 5.23. The highest BCUT2D eigenvalue weighted by Gasteiger charge is 2.18. The molecule has 1 aromatic heterocycles. The highest BCUT2D eigenvalue weighted by Crippen LogP contribution is 2.35. The number of aromatic nitrogens is 2. The van der Waals surface area contributed by atoms with E-state index in [1.54, 1.807) is 0 Å². The number of aromatic amines is 1. The number of nitrogens with one attached hydrogen (secondary N) is 1. The van der Waals surface area contributed by atoms with Crippen LogP contribution in [0.3, 0.4) is 0 Å². The average Bonchev–Trinajstić information content (AvgIpc) is 2.88. The Hall–Kier alpha value is -1.29. The number of anilines is 1. The fourth-order valence-corrected chi connectivity index (χ4v) is 3.85. The quantitative estimate of drug-likeness (QED) is 0.823. The maximum Gasteiger partial charge on any atom is 0.153 e. The molecule has 0 radical (unpaired) electrons. The largest absolute Gasteiger partial charge is 0.382 e. The van der Waals surface area contributed by atoms with Crippen LogP contribution in [0, 0.1) is 5.92 Å². The van der Waals surface area contributed by atoms with Gasteiger partial charge in [-0.15, -0.1) is 0 Å². The van der Waals surface area contributed by atoms with Crippen molar-refractivity contribution in [2.75, 3.05) is 5.73 Å². The lowest BCUT2D eigenvalue weighted by Gasteiger charge is -2.21. The predicted octanol–water partition coefficient (Wildman–Crippen LogP) is 4.93. The molecule has 0 unspecified atom stereocenters. The molecule has 1 fully saturated rings. The lowest BCUT2D eigenvalue weighted by atomic mass is 9.85. The van der Waals surface area contributed by atoms with Gasteiger partial charge in [-0.1, -0.05) is 66.2 Å². The van der Waals surface area contributed by atoms with E-state index in [1.807, 2.05) is 18.2 Å². The number of nitrogens with zero attached hydrogens (tertiary/aromatic N) is 1. The van der Waals surface area contributed by atoms with E-state index in [-0.39, 0.29) is 0 Å². The zero-order valence-electron chi connectivity index (χ0n) is 12.2. The molecule has 1 aliphatic carbocycles. The maximum atomic E-state index is 6.09. The summed E-state index contributed by atoms with van der Waals surface area (Å²) in [6, 6.07) is 8.20. The Labute approximate surface area is 134 Å². The number of hydrogen-bond donors (Lipinski definition) is 2. The lowest BCUT2D eigenvalue weighted by molar-refractivity contribution is 0.338. The minimum absolute atomic E-state index is 0.598. The van der Waals surface area contributed by atoms with Gasteiger partial charge in [-0.25, -0.2) is 0 Å². The summed E-state index contributed by atoms with van der Waals surface area (Å²) in [5.74, 6) is 1.47. The highest BCUT2D eigenvalue weighted by atomic mass is 79.9. The zero-order chi connectivity index (χ0) is 14.7. The average molecular weight is 348 g/mol. The van der Waals surface area contributed by atoms with Gasteiger partial charge in [-0.3, -0.25) is 5.10 Å². The van der Waals surface area contributed by atoms with Crippen molar-refractivity contribution < 1.29 is 0 Å². The Balaban J connectivity index is 1.79. The van der Waals surface area contributed by atoms with Gasteiger partial charge in [0.05, 0.1) is 0 Å². The molecule has 3 N–H and O–H groups in total. The van der Waals surface area contributed by atoms with Gasteiger partial charge >= 0.3 is 0 Å². The van der Waals surface area contributed by atoms with Gasteiger partial charge in [0.2, 0.25) is 0 Å². The second-order valence-corrected chi connectivity index (χ2v) is 6.84. The number of rotatable bonds is 4. The Morgan fingerprint density at radius 3 is 2.71 bits per heavy atom. The van der Waals surface area contributed by atoms with Gasteiger partial charge in [-0.05, 0) is 24.8 Å². The summed E-state index contributed by atoms with van der Waals surface area (Å²) >= 11 is 3.62. The van der Waals surface area contributed by atoms with E-state index in [0.717, 1.165) is 27.9 Å². The molecule has 0 spiro atoms. The summed E-state index contributed by atoms with van der Waals surface area (Å²) < 4.78 is 1.07. The van der Waals surface area contributed by atoms with E-state index in [1.165, 1.54) is 44.2 Å². The summed E-state index contributed by atoms with van der Waals surface area (Å²) in [5, 5.41) is 7.37. The van der Waals surface area contributed by atoms with E-state index >= 15 is 0 Å². The van der Waals surface area contributed by atoms with Crippen molar-refractivity contribution in [3.05, 3.63) is 34.4 Å². The van der Waals surface area contributed by atoms with Crippen molar-refractivity contribution in [2.24, 2.45) is 5.92 Å². The number of aryl methyl sites for hydroxylation is 1. The molecule has 0 saturated heterocycles. The molecule has 3 nitrogen and oxygen atoms in total. The molecule has 21 heavy (non-hydrogen) atoms. The summed E-state index contributed by atoms with van der Waals surface area (Å²) in [7, 11) is 0. The van der Waals surface area contributed by atoms with Crippen molar-refractivity contribution in [1.29, 1.82) is 0 Å². The normalized spacial score (nSPS) is 16.2. The first-order valence-electron chi connectivity index (χ1n) is 7.83. The maximum absolute atomic E-state index is 6.09. The van der Waals surface area contributed by atoms with Crippen molar-refractivity contribution >= 4 is 21.7 Å². The third kappa shape index (κ3) is 3.31. The zero-order valence-corrected chi connectivity index (χ0v) is 13.8. The van der Waals surface area contributed by atoms with Gasteiger partial charge in [0.15, 0.2) is 5.82 Å². The van der Waals surface area contributed by atoms with Crippen LogP contribution in [-0.2, 0) is 6.42 Å². The second-order valence-electron chi connectivity index (χ2n) is 5.98. The summed E-state index contributed by atoms with van der Waals surface area (Å²) in [4.78, 5) is 0. The Bertz CT molecular complexity index is 600. The number of nitrogen functional groups attached to an aromatic ring is 1. The van der Waals surface area contributed by atoms with E-state index in [2.05, 4.69) is 32.2 Å². The van der Waals surface area contributed by atoms with Crippen molar-refractivity contribution in [3.63, 3.8) is 0 Å². The molecule has 0 aliphatic heterocycles. The summed E-state index contributed by atoms with van der Waals surface area (Å²) in [6.45, 7) is 0. The minimum Gasteiger partial charge on any atom is -0.382 e. The SMILES string of the molecule is Nc1n[nH]c(CCC2CCCCC2)c1-c1ccccc1Br. The molecule has 1 saturated carbocycles. The third-order valence-electron chi connectivity index (χ3n) is 4.54. The number of H-pyrrole nitrogens is 1. The van der Waals surface area contributed by atoms with Crippen LogP contribution >= 0.6 is 15.9 Å². The van der Waals surface area contributed by atoms with Crippen molar-refractivity contribution in [1.82, 2.24) is 10.2 Å². The molecule has 0 bridgehead atoms. The smallest absolute Gasteiger partial charge is 0.153 e. The van der Waals surface area contributed by atoms with Crippen LogP contribution in [0.2, 0.25) is 0 Å². The highest BCUT2D eigenvalue weighted by molar-refractivity contribution is 9.10. The van der Waals surface area contributed by atoms with E-state index in [4.69, 9.17) is 5.73 Å². The number of halogens is 1. The molecular formula is C17H22BrN3. The minimum atomic E-state index is 0.598. The van der Waals surface area contributed by atoms with Gasteiger partial charge in [0.25, 0.3) is 0 Å². The first-order valence-corrected chi connectivity index (χ1v) is 8.62. The number of benzene rings is 1. The van der Waals surface area contributed by atoms with Crippen LogP contribution in [0.15, 0.2) is 28.7 Å². The van der Waals surface area contributed by atoms with Gasteiger partial charge in [0.1, 0.15) is 0 Å². The molecular weight excluding hydrogens is 326 g/mol. The van der Waals surface area contributed by atoms with Crippen LogP contribution < -0.4 is 5.73 Å². The molecule has 0 atom stereocenters. The van der Waals surface area contributed by atoms with Gasteiger partial charge in [0, 0.05) is 21.3 Å². The van der Waals surface area contributed by atoms with Gasteiger partial charge < -0.3 is 5.73 Å². The molecule has 1 aliphatic rings. The van der Waals surface area contributed by atoms with Crippen LogP contribution in [0.4, 0.5) is 5.82 Å². The number of hydrogen-bond acceptors (Lipinski definition) is 2. The molecule has 1 heterocycles. The summed E-state index contributed by atoms with van der Waals surface area (Å²) in [5.41, 5.74) is 9.45. The van der Waals surface area contributed by atoms with E-state index in [0.29, 0.717) is 5.82 Å². The van der Waals surface area contributed by atoms with Crippen LogP contribution in [-0.4, -0.2) is 10.2 Å². The van der Waals surface area contributed by atoms with E-state index in [9.17, 15) is 0 Å². The Kier molecular flexibility index (Phi) is 4.63. The van der Waals surface area contributed by atoms with Crippen LogP contribution in [0.25, 0.3) is 11.1 Å². The first kappa shape index (κ1) is 14.6. The standard InChI is InChI=1S/C17H22BrN3/c18-14-9-5-4-8-13(14)16-15(20-21-17(16)19)11-10-12-6-2-1-3-7-12/h4-5,8-9,12H,1-3,6-7,10-11H2,(H3,19,20,21). The molecule has 2 aromatic rings. The fraction of sp³-hybridized carbons (Fsp3) is 0.471. The number of nitrogens with two attached hydrogens (primary N) is 1. The fourth-order valence-electron chi connectivity index (χ4n) is 3.36. The van der Waals surface area contributed by atoms with Crippen LogP contribution in [0.1, 0.15) is 44.2 Å². The predicted molar refractivity (Wildman–Crippen MR) is 91.0 cm³/mol. The summed E-state index contributed by atoms with van der Waals surface area (Å²) in [6.07, 6.45) is 9.24.